The van der Waals surface area contributed by atoms with Gasteiger partial charge in [-0.3, -0.25) is 4.79 Å². The number of carbonyl (C=O) groups excluding carboxylic acids is 1. The molecule has 31 heavy (non-hydrogen) atoms. The van der Waals surface area contributed by atoms with Crippen LogP contribution in [0.15, 0.2) is 53.0 Å². The lowest BCUT2D eigenvalue weighted by atomic mass is 9.93. The van der Waals surface area contributed by atoms with Crippen LogP contribution in [0.25, 0.3) is 0 Å². The summed E-state index contributed by atoms with van der Waals surface area (Å²) in [5, 5.41) is 12.0. The molecule has 2 aliphatic rings. The fourth-order valence-electron chi connectivity index (χ4n) is 4.48. The zero-order valence-electron chi connectivity index (χ0n) is 17.7. The molecular formula is C24H28N4OS2. The Hall–Kier alpha value is -2.12. The summed E-state index contributed by atoms with van der Waals surface area (Å²) in [5.74, 6) is 1.59. The summed E-state index contributed by atoms with van der Waals surface area (Å²) in [6, 6.07) is 15.2. The van der Waals surface area contributed by atoms with Crippen LogP contribution in [-0.4, -0.2) is 32.5 Å². The van der Waals surface area contributed by atoms with Crippen molar-refractivity contribution in [1.29, 1.82) is 0 Å². The minimum atomic E-state index is 0.174. The van der Waals surface area contributed by atoms with E-state index in [2.05, 4.69) is 49.3 Å². The molecule has 0 atom stereocenters. The van der Waals surface area contributed by atoms with Crippen molar-refractivity contribution >= 4 is 34.7 Å². The second-order valence-corrected chi connectivity index (χ2v) is 10.4. The number of rotatable bonds is 8. The average Bonchev–Trinajstić information content (AvgIpc) is 3.36. The zero-order chi connectivity index (χ0) is 21.0. The van der Waals surface area contributed by atoms with E-state index in [0.29, 0.717) is 17.8 Å². The number of thioether (sulfide) groups is 1. The molecule has 3 aromatic rings. The van der Waals surface area contributed by atoms with Crippen LogP contribution in [0.5, 0.6) is 0 Å². The minimum absolute atomic E-state index is 0.174. The maximum atomic E-state index is 13.4. The van der Waals surface area contributed by atoms with E-state index in [-0.39, 0.29) is 5.91 Å². The summed E-state index contributed by atoms with van der Waals surface area (Å²) in [7, 11) is 0. The number of amides is 1. The van der Waals surface area contributed by atoms with Gasteiger partial charge in [0.15, 0.2) is 5.16 Å². The molecule has 0 aliphatic heterocycles. The molecule has 2 heterocycles. The molecule has 5 rings (SSSR count). The van der Waals surface area contributed by atoms with Gasteiger partial charge in [0.1, 0.15) is 5.82 Å². The Kier molecular flexibility index (Phi) is 6.41. The molecule has 0 unspecified atom stereocenters. The van der Waals surface area contributed by atoms with Crippen LogP contribution < -0.4 is 4.90 Å². The first-order chi connectivity index (χ1) is 15.3. The SMILES string of the molecule is O=C(CSc1nnc(Cc2cccs2)n1C1CC1)N(c1ccccc1)C1CCCCC1. The third-order valence-corrected chi connectivity index (χ3v) is 7.93. The van der Waals surface area contributed by atoms with Crippen molar-refractivity contribution in [2.24, 2.45) is 0 Å². The average molecular weight is 453 g/mol. The monoisotopic (exact) mass is 452 g/mol. The van der Waals surface area contributed by atoms with Gasteiger partial charge in [-0.2, -0.15) is 0 Å². The zero-order valence-corrected chi connectivity index (χ0v) is 19.3. The molecule has 0 saturated heterocycles. The van der Waals surface area contributed by atoms with Crippen molar-refractivity contribution in [3.8, 4) is 0 Å². The maximum Gasteiger partial charge on any atom is 0.237 e. The standard InChI is InChI=1S/C24H28N4OS2/c29-23(27(18-8-3-1-4-9-18)19-10-5-2-6-11-19)17-31-24-26-25-22(28(24)20-13-14-20)16-21-12-7-15-30-21/h1,3-4,7-9,12,15,19-20H,2,5-6,10-11,13-14,16-17H2. The first-order valence-electron chi connectivity index (χ1n) is 11.3. The summed E-state index contributed by atoms with van der Waals surface area (Å²) < 4.78 is 2.28. The van der Waals surface area contributed by atoms with Crippen LogP contribution in [0.4, 0.5) is 5.69 Å². The molecule has 7 heteroatoms. The number of hydrogen-bond donors (Lipinski definition) is 0. The van der Waals surface area contributed by atoms with E-state index in [0.717, 1.165) is 35.9 Å². The van der Waals surface area contributed by atoms with Crippen molar-refractivity contribution in [2.75, 3.05) is 10.7 Å². The number of anilines is 1. The number of benzene rings is 1. The molecule has 0 radical (unpaired) electrons. The maximum absolute atomic E-state index is 13.4. The Morgan fingerprint density at radius 3 is 2.55 bits per heavy atom. The lowest BCUT2D eigenvalue weighted by Gasteiger charge is -2.34. The number of para-hydroxylation sites is 1. The summed E-state index contributed by atoms with van der Waals surface area (Å²) in [6.07, 6.45) is 9.04. The Bertz CT molecular complexity index is 992. The minimum Gasteiger partial charge on any atom is -0.309 e. The Morgan fingerprint density at radius 2 is 1.84 bits per heavy atom. The van der Waals surface area contributed by atoms with Gasteiger partial charge < -0.3 is 9.47 Å². The van der Waals surface area contributed by atoms with Crippen molar-refractivity contribution in [3.05, 3.63) is 58.5 Å². The number of aromatic nitrogens is 3. The van der Waals surface area contributed by atoms with Crippen molar-refractivity contribution in [3.63, 3.8) is 0 Å². The second kappa shape index (κ2) is 9.57. The van der Waals surface area contributed by atoms with Crippen LogP contribution in [0, 0.1) is 0 Å². The van der Waals surface area contributed by atoms with Gasteiger partial charge in [0.25, 0.3) is 0 Å². The molecular weight excluding hydrogens is 424 g/mol. The third kappa shape index (κ3) is 4.88. The summed E-state index contributed by atoms with van der Waals surface area (Å²) in [4.78, 5) is 16.8. The molecule has 0 spiro atoms. The highest BCUT2D eigenvalue weighted by atomic mass is 32.2. The number of nitrogens with zero attached hydrogens (tertiary/aromatic N) is 4. The molecule has 1 amide bonds. The normalized spacial score (nSPS) is 17.0. The highest BCUT2D eigenvalue weighted by Crippen LogP contribution is 2.39. The predicted octanol–water partition coefficient (Wildman–Crippen LogP) is 5.72. The van der Waals surface area contributed by atoms with E-state index in [4.69, 9.17) is 0 Å². The quantitative estimate of drug-likeness (QED) is 0.410. The summed E-state index contributed by atoms with van der Waals surface area (Å²) in [5.41, 5.74) is 1.02. The van der Waals surface area contributed by atoms with Gasteiger partial charge in [-0.05, 0) is 49.3 Å². The first kappa shape index (κ1) is 20.8. The molecule has 162 valence electrons. The summed E-state index contributed by atoms with van der Waals surface area (Å²) in [6.45, 7) is 0. The van der Waals surface area contributed by atoms with Crippen LogP contribution in [-0.2, 0) is 11.2 Å². The van der Waals surface area contributed by atoms with E-state index < -0.39 is 0 Å². The van der Waals surface area contributed by atoms with E-state index >= 15 is 0 Å². The van der Waals surface area contributed by atoms with Crippen LogP contribution >= 0.6 is 23.1 Å². The van der Waals surface area contributed by atoms with Gasteiger partial charge in [-0.1, -0.05) is 55.3 Å². The molecule has 1 aromatic carbocycles. The number of thiophene rings is 1. The van der Waals surface area contributed by atoms with E-state index in [9.17, 15) is 4.79 Å². The highest BCUT2D eigenvalue weighted by Gasteiger charge is 2.31. The van der Waals surface area contributed by atoms with Gasteiger partial charge in [0.2, 0.25) is 5.91 Å². The molecule has 5 nitrogen and oxygen atoms in total. The Balaban J connectivity index is 1.32. The molecule has 0 bridgehead atoms. The molecule has 2 saturated carbocycles. The fourth-order valence-corrected chi connectivity index (χ4v) is 6.06. The van der Waals surface area contributed by atoms with E-state index in [1.165, 1.54) is 37.0 Å². The lowest BCUT2D eigenvalue weighted by Crippen LogP contribution is -2.42. The van der Waals surface area contributed by atoms with Gasteiger partial charge >= 0.3 is 0 Å². The van der Waals surface area contributed by atoms with Crippen LogP contribution in [0.2, 0.25) is 0 Å². The van der Waals surface area contributed by atoms with Crippen LogP contribution in [0.1, 0.15) is 61.7 Å². The Labute approximate surface area is 191 Å². The van der Waals surface area contributed by atoms with E-state index in [1.807, 2.05) is 18.2 Å². The first-order valence-corrected chi connectivity index (χ1v) is 13.1. The highest BCUT2D eigenvalue weighted by molar-refractivity contribution is 7.99. The molecule has 2 aromatic heterocycles. The molecule has 2 fully saturated rings. The largest absolute Gasteiger partial charge is 0.309 e. The third-order valence-electron chi connectivity index (χ3n) is 6.13. The van der Waals surface area contributed by atoms with Gasteiger partial charge in [-0.25, -0.2) is 0 Å². The molecule has 2 aliphatic carbocycles. The summed E-state index contributed by atoms with van der Waals surface area (Å²) >= 11 is 3.30. The Morgan fingerprint density at radius 1 is 1.03 bits per heavy atom. The predicted molar refractivity (Wildman–Crippen MR) is 127 cm³/mol. The van der Waals surface area contributed by atoms with Gasteiger partial charge in [0, 0.05) is 29.1 Å². The smallest absolute Gasteiger partial charge is 0.237 e. The van der Waals surface area contributed by atoms with Crippen LogP contribution in [0.3, 0.4) is 0 Å². The topological polar surface area (TPSA) is 51.0 Å². The van der Waals surface area contributed by atoms with Crippen molar-refractivity contribution in [1.82, 2.24) is 14.8 Å². The van der Waals surface area contributed by atoms with Crippen molar-refractivity contribution < 1.29 is 4.79 Å². The number of carbonyl (C=O) groups is 1. The van der Waals surface area contributed by atoms with Gasteiger partial charge in [0.05, 0.1) is 5.75 Å². The second-order valence-electron chi connectivity index (χ2n) is 8.44. The molecule has 0 N–H and O–H groups in total. The number of hydrogen-bond acceptors (Lipinski definition) is 5. The fraction of sp³-hybridized carbons (Fsp3) is 0.458. The van der Waals surface area contributed by atoms with Gasteiger partial charge in [-0.15, -0.1) is 21.5 Å². The van der Waals surface area contributed by atoms with Crippen molar-refractivity contribution in [2.45, 2.75) is 68.6 Å². The lowest BCUT2D eigenvalue weighted by molar-refractivity contribution is -0.116. The van der Waals surface area contributed by atoms with E-state index in [1.54, 1.807) is 23.1 Å².